The van der Waals surface area contributed by atoms with Crippen molar-refractivity contribution in [2.45, 2.75) is 12.4 Å². The summed E-state index contributed by atoms with van der Waals surface area (Å²) >= 11 is 11.4. The molecule has 0 unspecified atom stereocenters. The highest BCUT2D eigenvalue weighted by molar-refractivity contribution is 7.69. The Morgan fingerprint density at radius 3 is 1.68 bits per heavy atom. The highest BCUT2D eigenvalue weighted by Gasteiger charge is 2.36. The van der Waals surface area contributed by atoms with Gasteiger partial charge in [-0.15, -0.1) is 0 Å². The van der Waals surface area contributed by atoms with Crippen LogP contribution in [0.25, 0.3) is 0 Å². The highest BCUT2D eigenvalue weighted by atomic mass is 35.5. The lowest BCUT2D eigenvalue weighted by Crippen LogP contribution is -2.10. The lowest BCUT2D eigenvalue weighted by atomic mass is 10.1. The number of hydrogen-bond acceptors (Lipinski definition) is 3. The first-order valence-corrected chi connectivity index (χ1v) is 8.17. The number of halogens is 8. The van der Waals surface area contributed by atoms with E-state index in [9.17, 15) is 26.3 Å². The third-order valence-corrected chi connectivity index (χ3v) is 5.85. The summed E-state index contributed by atoms with van der Waals surface area (Å²) < 4.78 is 76.4. The van der Waals surface area contributed by atoms with Gasteiger partial charge in [-0.1, -0.05) is 43.9 Å². The van der Waals surface area contributed by atoms with Gasteiger partial charge < -0.3 is 0 Å². The molecule has 11 heteroatoms. The van der Waals surface area contributed by atoms with Gasteiger partial charge in [0.05, 0.1) is 16.8 Å². The van der Waals surface area contributed by atoms with Gasteiger partial charge in [0.15, 0.2) is 0 Å². The summed E-state index contributed by atoms with van der Waals surface area (Å²) in [7, 11) is 1.95. The van der Waals surface area contributed by atoms with Crippen molar-refractivity contribution in [3.05, 3.63) is 43.4 Å². The number of hydrogen-bond donors (Lipinski definition) is 0. The van der Waals surface area contributed by atoms with E-state index in [2.05, 4.69) is 4.99 Å². The summed E-state index contributed by atoms with van der Waals surface area (Å²) in [4.78, 5) is 3.72. The van der Waals surface area contributed by atoms with E-state index in [1.54, 1.807) is 0 Å². The average Bonchev–Trinajstić information content (AvgIpc) is 2.68. The Morgan fingerprint density at radius 1 is 0.818 bits per heavy atom. The van der Waals surface area contributed by atoms with Crippen LogP contribution in [0.1, 0.15) is 11.1 Å². The summed E-state index contributed by atoms with van der Waals surface area (Å²) in [6, 6.07) is 1.07. The number of rotatable bonds is 1. The van der Waals surface area contributed by atoms with Crippen LogP contribution in [-0.4, -0.2) is 0 Å². The number of benzene rings is 1. The van der Waals surface area contributed by atoms with E-state index in [0.29, 0.717) is 12.1 Å². The second-order valence-electron chi connectivity index (χ2n) is 3.94. The first-order valence-electron chi connectivity index (χ1n) is 5.27. The Labute approximate surface area is 136 Å². The van der Waals surface area contributed by atoms with Gasteiger partial charge >= 0.3 is 12.4 Å². The smallest absolute Gasteiger partial charge is 0.236 e. The Bertz CT molecular complexity index is 727. The quantitative estimate of drug-likeness (QED) is 0.390. The van der Waals surface area contributed by atoms with Crippen LogP contribution in [0, 0.1) is 0 Å². The minimum atomic E-state index is -4.93. The van der Waals surface area contributed by atoms with Gasteiger partial charge in [-0.2, -0.15) is 26.3 Å². The fourth-order valence-electron chi connectivity index (χ4n) is 1.42. The van der Waals surface area contributed by atoms with Crippen LogP contribution in [0.15, 0.2) is 23.2 Å². The van der Waals surface area contributed by atoms with Gasteiger partial charge in [0.2, 0.25) is 0 Å². The molecule has 0 aliphatic carbocycles. The minimum absolute atomic E-state index is 0.0114. The molecule has 0 N–H and O–H groups in total. The molecule has 120 valence electrons. The third kappa shape index (κ3) is 3.95. The van der Waals surface area contributed by atoms with Gasteiger partial charge in [-0.05, 0) is 18.2 Å². The molecular formula is C11H3Cl2F6NS2. The Kier molecular flexibility index (Phi) is 4.82. The summed E-state index contributed by atoms with van der Waals surface area (Å²) in [5, 5.41) is -0.0114. The van der Waals surface area contributed by atoms with Crippen molar-refractivity contribution in [3.8, 4) is 0 Å². The molecule has 0 radical (unpaired) electrons. The van der Waals surface area contributed by atoms with E-state index in [1.807, 2.05) is 0 Å². The third-order valence-electron chi connectivity index (χ3n) is 2.36. The minimum Gasteiger partial charge on any atom is -0.236 e. The first kappa shape index (κ1) is 17.6. The van der Waals surface area contributed by atoms with Crippen molar-refractivity contribution in [2.75, 3.05) is 0 Å². The van der Waals surface area contributed by atoms with Crippen molar-refractivity contribution >= 4 is 49.6 Å². The van der Waals surface area contributed by atoms with Crippen LogP contribution in [-0.2, 0) is 12.4 Å². The van der Waals surface area contributed by atoms with Gasteiger partial charge in [0.25, 0.3) is 0 Å². The number of nitrogens with zero attached hydrogens (tertiary/aromatic N) is 1. The summed E-state index contributed by atoms with van der Waals surface area (Å²) in [5.41, 5.74) is -3.39. The molecule has 22 heavy (non-hydrogen) atoms. The van der Waals surface area contributed by atoms with Gasteiger partial charge in [-0.3, -0.25) is 0 Å². The summed E-state index contributed by atoms with van der Waals surface area (Å²) in [5.74, 6) is 0. The molecule has 0 bridgehead atoms. The van der Waals surface area contributed by atoms with Crippen LogP contribution in [0.4, 0.5) is 32.0 Å². The predicted molar refractivity (Wildman–Crippen MR) is 73.9 cm³/mol. The molecule has 2 rings (SSSR count). The molecule has 0 fully saturated rings. The van der Waals surface area contributed by atoms with Crippen molar-refractivity contribution in [2.24, 2.45) is 4.99 Å². The van der Waals surface area contributed by atoms with Gasteiger partial charge in [0, 0.05) is 0 Å². The molecule has 1 aromatic carbocycles. The van der Waals surface area contributed by atoms with Crippen molar-refractivity contribution in [1.82, 2.24) is 0 Å². The average molecular weight is 398 g/mol. The van der Waals surface area contributed by atoms with E-state index in [-0.39, 0.29) is 20.1 Å². The first-order chi connectivity index (χ1) is 9.98. The maximum atomic E-state index is 12.7. The molecule has 0 saturated heterocycles. The number of alkyl halides is 6. The SMILES string of the molecule is FC(F)(F)c1cc(N=c2ssc(Cl)c2Cl)cc(C(F)(F)F)c1. The second kappa shape index (κ2) is 6.03. The molecular weight excluding hydrogens is 395 g/mol. The molecule has 2 aromatic rings. The molecule has 1 heterocycles. The van der Waals surface area contributed by atoms with E-state index in [0.717, 1.165) is 20.7 Å². The topological polar surface area (TPSA) is 12.4 Å². The Morgan fingerprint density at radius 2 is 1.32 bits per heavy atom. The van der Waals surface area contributed by atoms with Crippen molar-refractivity contribution in [1.29, 1.82) is 0 Å². The van der Waals surface area contributed by atoms with E-state index in [1.165, 1.54) is 0 Å². The summed E-state index contributed by atoms with van der Waals surface area (Å²) in [6.07, 6.45) is -9.85. The molecule has 0 atom stereocenters. The van der Waals surface area contributed by atoms with E-state index < -0.39 is 29.2 Å². The fraction of sp³-hybridized carbons (Fsp3) is 0.182. The maximum absolute atomic E-state index is 12.7. The van der Waals surface area contributed by atoms with Crippen LogP contribution in [0.2, 0.25) is 9.36 Å². The Balaban J connectivity index is 2.66. The van der Waals surface area contributed by atoms with Crippen LogP contribution in [0.3, 0.4) is 0 Å². The normalized spacial score (nSPS) is 13.7. The fourth-order valence-corrected chi connectivity index (χ4v) is 4.17. The molecule has 0 amide bonds. The molecule has 0 aliphatic rings. The largest absolute Gasteiger partial charge is 0.416 e. The maximum Gasteiger partial charge on any atom is 0.416 e. The zero-order valence-corrected chi connectivity index (χ0v) is 13.2. The monoisotopic (exact) mass is 397 g/mol. The van der Waals surface area contributed by atoms with Crippen LogP contribution >= 0.6 is 43.9 Å². The lowest BCUT2D eigenvalue weighted by molar-refractivity contribution is -0.143. The molecule has 1 nitrogen and oxygen atoms in total. The van der Waals surface area contributed by atoms with E-state index >= 15 is 0 Å². The zero-order chi connectivity index (χ0) is 16.7. The molecule has 0 spiro atoms. The van der Waals surface area contributed by atoms with Gasteiger partial charge in [0.1, 0.15) is 14.0 Å². The zero-order valence-electron chi connectivity index (χ0n) is 10.0. The van der Waals surface area contributed by atoms with Crippen LogP contribution < -0.4 is 4.67 Å². The highest BCUT2D eigenvalue weighted by Crippen LogP contribution is 2.38. The van der Waals surface area contributed by atoms with Gasteiger partial charge in [-0.25, -0.2) is 4.99 Å². The van der Waals surface area contributed by atoms with Crippen molar-refractivity contribution < 1.29 is 26.3 Å². The molecule has 1 aromatic heterocycles. The molecule has 0 aliphatic heterocycles. The standard InChI is InChI=1S/C11H3Cl2F6NS2/c12-7-8(13)21-22-9(7)20-6-2-4(10(14,15)16)1-5(3-6)11(17,18)19/h1-3H. The predicted octanol–water partition coefficient (Wildman–Crippen LogP) is 6.39. The summed E-state index contributed by atoms with van der Waals surface area (Å²) in [6.45, 7) is 0. The Hall–Kier alpha value is -0.770. The van der Waals surface area contributed by atoms with Crippen molar-refractivity contribution in [3.63, 3.8) is 0 Å². The second-order valence-corrected chi connectivity index (χ2v) is 7.04. The molecule has 0 saturated carbocycles. The lowest BCUT2D eigenvalue weighted by Gasteiger charge is -2.12. The van der Waals surface area contributed by atoms with E-state index in [4.69, 9.17) is 23.2 Å². The van der Waals surface area contributed by atoms with Crippen LogP contribution in [0.5, 0.6) is 0 Å².